The van der Waals surface area contributed by atoms with Crippen molar-refractivity contribution in [2.75, 3.05) is 21.3 Å². The van der Waals surface area contributed by atoms with Gasteiger partial charge in [-0.05, 0) is 43.5 Å². The Kier molecular flexibility index (Phi) is 4.94. The van der Waals surface area contributed by atoms with Crippen LogP contribution in [0.15, 0.2) is 24.3 Å². The van der Waals surface area contributed by atoms with Crippen LogP contribution in [-0.2, 0) is 0 Å². The van der Waals surface area contributed by atoms with Crippen molar-refractivity contribution >= 4 is 5.78 Å². The van der Waals surface area contributed by atoms with Crippen LogP contribution in [0.5, 0.6) is 17.2 Å². The van der Waals surface area contributed by atoms with E-state index < -0.39 is 0 Å². The van der Waals surface area contributed by atoms with Crippen LogP contribution >= 0.6 is 0 Å². The molecule has 0 atom stereocenters. The Morgan fingerprint density at radius 1 is 0.783 bits per heavy atom. The summed E-state index contributed by atoms with van der Waals surface area (Å²) in [7, 11) is 4.62. The Morgan fingerprint density at radius 3 is 1.83 bits per heavy atom. The summed E-state index contributed by atoms with van der Waals surface area (Å²) in [6.45, 7) is 5.73. The fourth-order valence-electron chi connectivity index (χ4n) is 2.86. The molecule has 0 aliphatic rings. The van der Waals surface area contributed by atoms with Crippen molar-refractivity contribution in [3.05, 3.63) is 52.1 Å². The normalized spacial score (nSPS) is 10.3. The van der Waals surface area contributed by atoms with Gasteiger partial charge in [-0.15, -0.1) is 0 Å². The highest BCUT2D eigenvalue weighted by Gasteiger charge is 2.26. The van der Waals surface area contributed by atoms with Gasteiger partial charge in [0, 0.05) is 5.56 Å². The summed E-state index contributed by atoms with van der Waals surface area (Å²) >= 11 is 0. The minimum absolute atomic E-state index is 0.0732. The molecule has 2 aromatic rings. The minimum atomic E-state index is -0.0732. The first kappa shape index (κ1) is 16.9. The van der Waals surface area contributed by atoms with Gasteiger partial charge in [-0.1, -0.05) is 18.2 Å². The molecule has 0 heterocycles. The summed E-state index contributed by atoms with van der Waals surface area (Å²) in [6.07, 6.45) is 0. The first-order valence-electron chi connectivity index (χ1n) is 7.36. The molecular weight excluding hydrogens is 292 g/mol. The molecule has 0 spiro atoms. The molecule has 0 radical (unpaired) electrons. The number of benzene rings is 2. The van der Waals surface area contributed by atoms with Gasteiger partial charge >= 0.3 is 0 Å². The molecule has 0 amide bonds. The van der Waals surface area contributed by atoms with Gasteiger partial charge < -0.3 is 14.2 Å². The zero-order valence-electron chi connectivity index (χ0n) is 14.4. The maximum atomic E-state index is 13.2. The van der Waals surface area contributed by atoms with Crippen LogP contribution in [0.2, 0.25) is 0 Å². The molecule has 4 nitrogen and oxygen atoms in total. The lowest BCUT2D eigenvalue weighted by Crippen LogP contribution is -2.11. The standard InChI is InChI=1S/C19H22O4/c1-11-8-7-9-12(2)15(11)17(20)16-13(3)10-14(21-4)18(22-5)19(16)23-6/h7-10H,1-6H3. The first-order chi connectivity index (χ1) is 11.0. The Hall–Kier alpha value is -2.49. The second-order valence-electron chi connectivity index (χ2n) is 5.43. The van der Waals surface area contributed by atoms with Gasteiger partial charge in [0.1, 0.15) is 0 Å². The van der Waals surface area contributed by atoms with Crippen LogP contribution in [0.25, 0.3) is 0 Å². The van der Waals surface area contributed by atoms with Gasteiger partial charge in [0.05, 0.1) is 26.9 Å². The quantitative estimate of drug-likeness (QED) is 0.786. The summed E-state index contributed by atoms with van der Waals surface area (Å²) in [5, 5.41) is 0. The molecule has 2 rings (SSSR count). The van der Waals surface area contributed by atoms with Crippen molar-refractivity contribution in [1.82, 2.24) is 0 Å². The van der Waals surface area contributed by atoms with Crippen molar-refractivity contribution in [1.29, 1.82) is 0 Å². The van der Waals surface area contributed by atoms with E-state index in [-0.39, 0.29) is 5.78 Å². The Balaban J connectivity index is 2.75. The fraction of sp³-hybridized carbons (Fsp3) is 0.316. The summed E-state index contributed by atoms with van der Waals surface area (Å²) in [5.41, 5.74) is 3.85. The number of ketones is 1. The highest BCUT2D eigenvalue weighted by Crippen LogP contribution is 2.42. The summed E-state index contributed by atoms with van der Waals surface area (Å²) in [4.78, 5) is 13.2. The van der Waals surface area contributed by atoms with Gasteiger partial charge in [0.25, 0.3) is 0 Å². The van der Waals surface area contributed by atoms with Gasteiger partial charge in [0.2, 0.25) is 5.75 Å². The van der Waals surface area contributed by atoms with Crippen molar-refractivity contribution in [3.63, 3.8) is 0 Å². The first-order valence-corrected chi connectivity index (χ1v) is 7.36. The predicted molar refractivity (Wildman–Crippen MR) is 90.2 cm³/mol. The van der Waals surface area contributed by atoms with E-state index in [1.165, 1.54) is 14.2 Å². The molecule has 2 aromatic carbocycles. The van der Waals surface area contributed by atoms with Gasteiger partial charge in [-0.25, -0.2) is 0 Å². The van der Waals surface area contributed by atoms with Gasteiger partial charge in [0.15, 0.2) is 17.3 Å². The van der Waals surface area contributed by atoms with Crippen molar-refractivity contribution < 1.29 is 19.0 Å². The third-order valence-corrected chi connectivity index (χ3v) is 3.96. The number of hydrogen-bond donors (Lipinski definition) is 0. The second-order valence-corrected chi connectivity index (χ2v) is 5.43. The van der Waals surface area contributed by atoms with Crippen LogP contribution in [0, 0.1) is 20.8 Å². The summed E-state index contributed by atoms with van der Waals surface area (Å²) < 4.78 is 16.2. The number of methoxy groups -OCH3 is 3. The monoisotopic (exact) mass is 314 g/mol. The largest absolute Gasteiger partial charge is 0.493 e. The molecule has 0 aliphatic carbocycles. The summed E-state index contributed by atoms with van der Waals surface area (Å²) in [6, 6.07) is 7.61. The van der Waals surface area contributed by atoms with Crippen molar-refractivity contribution in [3.8, 4) is 17.2 Å². The highest BCUT2D eigenvalue weighted by molar-refractivity contribution is 6.14. The lowest BCUT2D eigenvalue weighted by Gasteiger charge is -2.18. The Labute approximate surface area is 137 Å². The number of aryl methyl sites for hydroxylation is 3. The molecule has 0 fully saturated rings. The van der Waals surface area contributed by atoms with Crippen LogP contribution in [0.3, 0.4) is 0 Å². The average molecular weight is 314 g/mol. The van der Waals surface area contributed by atoms with Crippen molar-refractivity contribution in [2.24, 2.45) is 0 Å². The highest BCUT2D eigenvalue weighted by atomic mass is 16.5. The van der Waals surface area contributed by atoms with Crippen LogP contribution < -0.4 is 14.2 Å². The Bertz CT molecular complexity index is 727. The molecule has 0 aliphatic heterocycles. The molecule has 0 aromatic heterocycles. The average Bonchev–Trinajstić information content (AvgIpc) is 2.53. The SMILES string of the molecule is COc1cc(C)c(C(=O)c2c(C)cccc2C)c(OC)c1OC. The van der Waals surface area contributed by atoms with E-state index in [1.807, 2.05) is 39.0 Å². The van der Waals surface area contributed by atoms with Crippen molar-refractivity contribution in [2.45, 2.75) is 20.8 Å². The third-order valence-electron chi connectivity index (χ3n) is 3.96. The predicted octanol–water partition coefficient (Wildman–Crippen LogP) is 3.87. The van der Waals surface area contributed by atoms with E-state index in [4.69, 9.17) is 14.2 Å². The number of carbonyl (C=O) groups excluding carboxylic acids is 1. The number of hydrogen-bond acceptors (Lipinski definition) is 4. The van der Waals surface area contributed by atoms with E-state index in [0.29, 0.717) is 28.4 Å². The number of rotatable bonds is 5. The van der Waals surface area contributed by atoms with Gasteiger partial charge in [-0.2, -0.15) is 0 Å². The number of carbonyl (C=O) groups is 1. The minimum Gasteiger partial charge on any atom is -0.493 e. The molecule has 23 heavy (non-hydrogen) atoms. The molecule has 4 heteroatoms. The van der Waals surface area contributed by atoms with Crippen LogP contribution in [-0.4, -0.2) is 27.1 Å². The second kappa shape index (κ2) is 6.73. The molecule has 122 valence electrons. The molecular formula is C19H22O4. The fourth-order valence-corrected chi connectivity index (χ4v) is 2.86. The zero-order chi connectivity index (χ0) is 17.1. The van der Waals surface area contributed by atoms with E-state index in [9.17, 15) is 4.79 Å². The number of ether oxygens (including phenoxy) is 3. The smallest absolute Gasteiger partial charge is 0.204 e. The van der Waals surface area contributed by atoms with E-state index in [1.54, 1.807) is 13.2 Å². The maximum Gasteiger partial charge on any atom is 0.204 e. The van der Waals surface area contributed by atoms with Crippen LogP contribution in [0.4, 0.5) is 0 Å². The Morgan fingerprint density at radius 2 is 1.35 bits per heavy atom. The zero-order valence-corrected chi connectivity index (χ0v) is 14.4. The maximum absolute atomic E-state index is 13.2. The van der Waals surface area contributed by atoms with E-state index in [0.717, 1.165) is 16.7 Å². The lowest BCUT2D eigenvalue weighted by molar-refractivity contribution is 0.103. The lowest BCUT2D eigenvalue weighted by atomic mass is 9.91. The molecule has 0 unspecified atom stereocenters. The third kappa shape index (κ3) is 2.89. The molecule has 0 N–H and O–H groups in total. The van der Waals surface area contributed by atoms with Crippen LogP contribution in [0.1, 0.15) is 32.6 Å². The molecule has 0 bridgehead atoms. The van der Waals surface area contributed by atoms with Gasteiger partial charge in [-0.3, -0.25) is 4.79 Å². The topological polar surface area (TPSA) is 44.8 Å². The molecule has 0 saturated heterocycles. The molecule has 0 saturated carbocycles. The summed E-state index contributed by atoms with van der Waals surface area (Å²) in [5.74, 6) is 1.29. The van der Waals surface area contributed by atoms with E-state index >= 15 is 0 Å². The van der Waals surface area contributed by atoms with E-state index in [2.05, 4.69) is 0 Å².